The molecule has 1 fully saturated rings. The van der Waals surface area contributed by atoms with Gasteiger partial charge in [-0.2, -0.15) is 4.31 Å². The van der Waals surface area contributed by atoms with Crippen LogP contribution in [0.15, 0.2) is 47.4 Å². The van der Waals surface area contributed by atoms with E-state index in [0.29, 0.717) is 37.7 Å². The highest BCUT2D eigenvalue weighted by molar-refractivity contribution is 7.89. The van der Waals surface area contributed by atoms with Gasteiger partial charge in [0.05, 0.1) is 18.1 Å². The number of nitrogens with zero attached hydrogens (tertiary/aromatic N) is 1. The SMILES string of the molecule is Cc1ccc(C)c(O[C@H](C)C(=O)Nc2ccc(S(=O)(=O)N3CCOCC3)cc2)c1. The lowest BCUT2D eigenvalue weighted by Crippen LogP contribution is -2.40. The number of morpholine rings is 1. The van der Waals surface area contributed by atoms with Crippen LogP contribution in [0.5, 0.6) is 5.75 Å². The number of ether oxygens (including phenoxy) is 2. The Bertz CT molecular complexity index is 967. The quantitative estimate of drug-likeness (QED) is 0.780. The Balaban J connectivity index is 1.64. The second-order valence-electron chi connectivity index (χ2n) is 7.06. The number of carbonyl (C=O) groups is 1. The Morgan fingerprint density at radius 1 is 1.10 bits per heavy atom. The Kier molecular flexibility index (Phi) is 6.56. The number of amides is 1. The number of sulfonamides is 1. The van der Waals surface area contributed by atoms with Gasteiger partial charge in [0.2, 0.25) is 10.0 Å². The molecule has 1 aliphatic heterocycles. The molecule has 2 aromatic rings. The number of benzene rings is 2. The number of anilines is 1. The first kappa shape index (κ1) is 21.3. The van der Waals surface area contributed by atoms with Crippen LogP contribution in [0.2, 0.25) is 0 Å². The number of hydrogen-bond donors (Lipinski definition) is 1. The summed E-state index contributed by atoms with van der Waals surface area (Å²) >= 11 is 0. The van der Waals surface area contributed by atoms with Gasteiger partial charge < -0.3 is 14.8 Å². The van der Waals surface area contributed by atoms with E-state index in [1.807, 2.05) is 32.0 Å². The van der Waals surface area contributed by atoms with Gasteiger partial charge in [-0.3, -0.25) is 4.79 Å². The van der Waals surface area contributed by atoms with E-state index in [1.165, 1.54) is 16.4 Å². The van der Waals surface area contributed by atoms with E-state index in [1.54, 1.807) is 19.1 Å². The highest BCUT2D eigenvalue weighted by atomic mass is 32.2. The molecular weight excluding hydrogens is 392 g/mol. The summed E-state index contributed by atoms with van der Waals surface area (Å²) in [5.74, 6) is 0.356. The van der Waals surface area contributed by atoms with Crippen molar-refractivity contribution in [2.45, 2.75) is 31.8 Å². The molecule has 0 radical (unpaired) electrons. The first-order valence-electron chi connectivity index (χ1n) is 9.50. The summed E-state index contributed by atoms with van der Waals surface area (Å²) in [7, 11) is -3.56. The number of aryl methyl sites for hydroxylation is 2. The largest absolute Gasteiger partial charge is 0.481 e. The van der Waals surface area contributed by atoms with Gasteiger partial charge in [-0.05, 0) is 62.2 Å². The topological polar surface area (TPSA) is 84.9 Å². The van der Waals surface area contributed by atoms with Gasteiger partial charge in [-0.15, -0.1) is 0 Å². The van der Waals surface area contributed by atoms with E-state index in [4.69, 9.17) is 9.47 Å². The third-order valence-electron chi connectivity index (χ3n) is 4.75. The highest BCUT2D eigenvalue weighted by Gasteiger charge is 2.26. The molecule has 0 unspecified atom stereocenters. The summed E-state index contributed by atoms with van der Waals surface area (Å²) in [5, 5.41) is 2.76. The molecule has 1 amide bonds. The third-order valence-corrected chi connectivity index (χ3v) is 6.66. The molecule has 0 bridgehead atoms. The maximum Gasteiger partial charge on any atom is 0.265 e. The van der Waals surface area contributed by atoms with E-state index in [-0.39, 0.29) is 10.8 Å². The maximum absolute atomic E-state index is 12.7. The second-order valence-corrected chi connectivity index (χ2v) is 9.00. The summed E-state index contributed by atoms with van der Waals surface area (Å²) in [6.07, 6.45) is -0.702. The summed E-state index contributed by atoms with van der Waals surface area (Å²) < 4.78 is 37.7. The smallest absolute Gasteiger partial charge is 0.265 e. The molecule has 3 rings (SSSR count). The van der Waals surface area contributed by atoms with Crippen molar-refractivity contribution >= 4 is 21.6 Å². The molecule has 0 saturated carbocycles. The normalized spacial score (nSPS) is 16.2. The van der Waals surface area contributed by atoms with Crippen LogP contribution in [0.25, 0.3) is 0 Å². The summed E-state index contributed by atoms with van der Waals surface area (Å²) in [4.78, 5) is 12.7. The predicted molar refractivity (Wildman–Crippen MR) is 111 cm³/mol. The van der Waals surface area contributed by atoms with Crippen LogP contribution in [-0.4, -0.2) is 51.0 Å². The average molecular weight is 419 g/mol. The summed E-state index contributed by atoms with van der Waals surface area (Å²) in [5.41, 5.74) is 2.51. The molecule has 0 aromatic heterocycles. The lowest BCUT2D eigenvalue weighted by Gasteiger charge is -2.26. The molecule has 2 aromatic carbocycles. The van der Waals surface area contributed by atoms with E-state index in [0.717, 1.165) is 11.1 Å². The lowest BCUT2D eigenvalue weighted by atomic mass is 10.1. The van der Waals surface area contributed by atoms with Crippen molar-refractivity contribution in [2.75, 3.05) is 31.6 Å². The first-order chi connectivity index (χ1) is 13.8. The van der Waals surface area contributed by atoms with Gasteiger partial charge in [0.1, 0.15) is 5.75 Å². The monoisotopic (exact) mass is 418 g/mol. The third kappa shape index (κ3) is 5.14. The zero-order chi connectivity index (χ0) is 21.0. The summed E-state index contributed by atoms with van der Waals surface area (Å²) in [6, 6.07) is 12.0. The predicted octanol–water partition coefficient (Wildman–Crippen LogP) is 2.73. The minimum atomic E-state index is -3.56. The van der Waals surface area contributed by atoms with Crippen LogP contribution in [0, 0.1) is 13.8 Å². The van der Waals surface area contributed by atoms with Crippen molar-refractivity contribution in [3.8, 4) is 5.75 Å². The van der Waals surface area contributed by atoms with Gasteiger partial charge in [-0.1, -0.05) is 12.1 Å². The average Bonchev–Trinajstić information content (AvgIpc) is 2.71. The molecule has 1 atom stereocenters. The van der Waals surface area contributed by atoms with Crippen molar-refractivity contribution in [2.24, 2.45) is 0 Å². The fourth-order valence-corrected chi connectivity index (χ4v) is 4.38. The Labute approximate surface area is 171 Å². The van der Waals surface area contributed by atoms with Gasteiger partial charge in [0, 0.05) is 18.8 Å². The Morgan fingerprint density at radius 2 is 1.76 bits per heavy atom. The van der Waals surface area contributed by atoms with Crippen molar-refractivity contribution < 1.29 is 22.7 Å². The lowest BCUT2D eigenvalue weighted by molar-refractivity contribution is -0.122. The molecule has 0 aliphatic carbocycles. The standard InChI is InChI=1S/C21H26N2O5S/c1-15-4-5-16(2)20(14-15)28-17(3)21(24)22-18-6-8-19(9-7-18)29(25,26)23-10-12-27-13-11-23/h4-9,14,17H,10-13H2,1-3H3,(H,22,24)/t17-/m1/s1. The van der Waals surface area contributed by atoms with Crippen molar-refractivity contribution in [3.05, 3.63) is 53.6 Å². The highest BCUT2D eigenvalue weighted by Crippen LogP contribution is 2.22. The van der Waals surface area contributed by atoms with Crippen LogP contribution in [-0.2, 0) is 19.6 Å². The van der Waals surface area contributed by atoms with Gasteiger partial charge in [-0.25, -0.2) is 8.42 Å². The minimum Gasteiger partial charge on any atom is -0.481 e. The zero-order valence-corrected chi connectivity index (χ0v) is 17.7. The molecule has 29 heavy (non-hydrogen) atoms. The fraction of sp³-hybridized carbons (Fsp3) is 0.381. The zero-order valence-electron chi connectivity index (χ0n) is 16.8. The van der Waals surface area contributed by atoms with Crippen molar-refractivity contribution in [1.82, 2.24) is 4.31 Å². The maximum atomic E-state index is 12.7. The molecule has 8 heteroatoms. The molecule has 156 valence electrons. The fourth-order valence-electron chi connectivity index (χ4n) is 2.97. The van der Waals surface area contributed by atoms with Gasteiger partial charge in [0.25, 0.3) is 5.91 Å². The van der Waals surface area contributed by atoms with Crippen LogP contribution in [0.4, 0.5) is 5.69 Å². The molecular formula is C21H26N2O5S. The van der Waals surface area contributed by atoms with Crippen LogP contribution in [0.1, 0.15) is 18.1 Å². The van der Waals surface area contributed by atoms with E-state index in [2.05, 4.69) is 5.32 Å². The van der Waals surface area contributed by atoms with E-state index < -0.39 is 16.1 Å². The number of carbonyl (C=O) groups excluding carboxylic acids is 1. The van der Waals surface area contributed by atoms with Crippen molar-refractivity contribution in [3.63, 3.8) is 0 Å². The number of nitrogens with one attached hydrogen (secondary N) is 1. The molecule has 1 aliphatic rings. The second kappa shape index (κ2) is 8.94. The van der Waals surface area contributed by atoms with E-state index >= 15 is 0 Å². The molecule has 0 spiro atoms. The van der Waals surface area contributed by atoms with Gasteiger partial charge in [0.15, 0.2) is 6.10 Å². The number of rotatable bonds is 6. The van der Waals surface area contributed by atoms with Crippen LogP contribution in [0.3, 0.4) is 0 Å². The summed E-state index contributed by atoms with van der Waals surface area (Å²) in [6.45, 7) is 7.03. The van der Waals surface area contributed by atoms with Crippen LogP contribution < -0.4 is 10.1 Å². The Hall–Kier alpha value is -2.42. The molecule has 7 nitrogen and oxygen atoms in total. The number of hydrogen-bond acceptors (Lipinski definition) is 5. The first-order valence-corrected chi connectivity index (χ1v) is 10.9. The Morgan fingerprint density at radius 3 is 2.41 bits per heavy atom. The molecule has 1 N–H and O–H groups in total. The molecule has 1 heterocycles. The van der Waals surface area contributed by atoms with Crippen LogP contribution >= 0.6 is 0 Å². The minimum absolute atomic E-state index is 0.192. The van der Waals surface area contributed by atoms with E-state index in [9.17, 15) is 13.2 Å². The molecule has 1 saturated heterocycles. The van der Waals surface area contributed by atoms with Crippen molar-refractivity contribution in [1.29, 1.82) is 0 Å². The van der Waals surface area contributed by atoms with Gasteiger partial charge >= 0.3 is 0 Å².